The molecule has 33 heavy (non-hydrogen) atoms. The summed E-state index contributed by atoms with van der Waals surface area (Å²) >= 11 is 0. The van der Waals surface area contributed by atoms with Crippen LogP contribution in [0.5, 0.6) is 11.5 Å². The molecule has 3 aromatic rings. The molecule has 1 heterocycles. The number of benzene rings is 2. The van der Waals surface area contributed by atoms with E-state index in [1.54, 1.807) is 24.3 Å². The van der Waals surface area contributed by atoms with Crippen LogP contribution in [0.15, 0.2) is 58.1 Å². The molecule has 0 fully saturated rings. The second-order valence-corrected chi connectivity index (χ2v) is 8.30. The highest BCUT2D eigenvalue weighted by molar-refractivity contribution is 5.72. The fourth-order valence-corrected chi connectivity index (χ4v) is 3.06. The number of nitro groups is 1. The summed E-state index contributed by atoms with van der Waals surface area (Å²) in [6.45, 7) is 7.14. The summed E-state index contributed by atoms with van der Waals surface area (Å²) in [6.07, 6.45) is 2.84. The summed E-state index contributed by atoms with van der Waals surface area (Å²) < 4.78 is 11.4. The predicted molar refractivity (Wildman–Crippen MR) is 126 cm³/mol. The van der Waals surface area contributed by atoms with Gasteiger partial charge in [-0.2, -0.15) is 0 Å². The van der Waals surface area contributed by atoms with Gasteiger partial charge in [0.15, 0.2) is 0 Å². The molecule has 0 spiro atoms. The number of aromatic amines is 2. The van der Waals surface area contributed by atoms with Crippen molar-refractivity contribution >= 4 is 17.8 Å². The van der Waals surface area contributed by atoms with Crippen molar-refractivity contribution in [3.8, 4) is 11.5 Å². The van der Waals surface area contributed by atoms with Crippen molar-refractivity contribution in [2.75, 3.05) is 13.2 Å². The predicted octanol–water partition coefficient (Wildman–Crippen LogP) is 3.90. The molecule has 0 radical (unpaired) electrons. The summed E-state index contributed by atoms with van der Waals surface area (Å²) in [6, 6.07) is 15.0. The second kappa shape index (κ2) is 9.99. The number of nitrogens with zero attached hydrogens (tertiary/aromatic N) is 1. The Morgan fingerprint density at radius 1 is 0.939 bits per heavy atom. The number of hydrogen-bond acceptors (Lipinski definition) is 6. The number of hydrogen-bond donors (Lipinski definition) is 2. The lowest BCUT2D eigenvalue weighted by atomic mass is 9.87. The highest BCUT2D eigenvalue weighted by atomic mass is 16.6. The van der Waals surface area contributed by atoms with Crippen molar-refractivity contribution in [2.45, 2.75) is 26.2 Å². The number of aromatic nitrogens is 2. The summed E-state index contributed by atoms with van der Waals surface area (Å²) in [7, 11) is 0. The minimum absolute atomic E-state index is 0.0809. The molecule has 0 unspecified atom stereocenters. The molecule has 0 atom stereocenters. The van der Waals surface area contributed by atoms with Crippen LogP contribution in [0, 0.1) is 10.1 Å². The summed E-state index contributed by atoms with van der Waals surface area (Å²) in [5.74, 6) is 1.34. The van der Waals surface area contributed by atoms with E-state index < -0.39 is 21.9 Å². The highest BCUT2D eigenvalue weighted by Crippen LogP contribution is 2.24. The van der Waals surface area contributed by atoms with Gasteiger partial charge in [0.1, 0.15) is 30.4 Å². The zero-order valence-electron chi connectivity index (χ0n) is 18.6. The molecule has 9 nitrogen and oxygen atoms in total. The zero-order valence-corrected chi connectivity index (χ0v) is 18.6. The van der Waals surface area contributed by atoms with Crippen molar-refractivity contribution in [1.29, 1.82) is 0 Å². The molecular formula is C24H25N3O6. The minimum Gasteiger partial charge on any atom is -0.490 e. The molecule has 1 aromatic heterocycles. The zero-order chi connectivity index (χ0) is 24.0. The van der Waals surface area contributed by atoms with E-state index in [1.807, 2.05) is 29.2 Å². The first kappa shape index (κ1) is 23.5. The van der Waals surface area contributed by atoms with Gasteiger partial charge in [0.2, 0.25) is 0 Å². The van der Waals surface area contributed by atoms with Crippen LogP contribution in [0.1, 0.15) is 37.6 Å². The maximum atomic E-state index is 11.7. The second-order valence-electron chi connectivity index (χ2n) is 8.30. The quantitative estimate of drug-likeness (QED) is 0.304. The van der Waals surface area contributed by atoms with E-state index in [-0.39, 0.29) is 11.1 Å². The molecule has 0 saturated heterocycles. The van der Waals surface area contributed by atoms with Crippen molar-refractivity contribution in [3.63, 3.8) is 0 Å². The van der Waals surface area contributed by atoms with Gasteiger partial charge in [0, 0.05) is 0 Å². The van der Waals surface area contributed by atoms with E-state index >= 15 is 0 Å². The van der Waals surface area contributed by atoms with Crippen LogP contribution in [0.3, 0.4) is 0 Å². The average molecular weight is 451 g/mol. The van der Waals surface area contributed by atoms with E-state index in [9.17, 15) is 19.7 Å². The van der Waals surface area contributed by atoms with Gasteiger partial charge in [-0.05, 0) is 46.9 Å². The third kappa shape index (κ3) is 6.42. The third-order valence-corrected chi connectivity index (χ3v) is 4.77. The number of rotatable bonds is 8. The molecule has 2 N–H and O–H groups in total. The Hall–Kier alpha value is -4.14. The first-order valence-corrected chi connectivity index (χ1v) is 10.3. The van der Waals surface area contributed by atoms with Crippen LogP contribution in [0.4, 0.5) is 5.69 Å². The largest absolute Gasteiger partial charge is 0.490 e. The number of ether oxygens (including phenoxy) is 2. The van der Waals surface area contributed by atoms with Gasteiger partial charge in [-0.25, -0.2) is 4.79 Å². The lowest BCUT2D eigenvalue weighted by Gasteiger charge is -2.19. The normalized spacial score (nSPS) is 11.5. The summed E-state index contributed by atoms with van der Waals surface area (Å²) in [5.41, 5.74) is -0.828. The van der Waals surface area contributed by atoms with E-state index in [4.69, 9.17) is 9.47 Å². The van der Waals surface area contributed by atoms with Crippen LogP contribution < -0.4 is 20.7 Å². The van der Waals surface area contributed by atoms with Gasteiger partial charge in [0.05, 0.1) is 4.92 Å². The van der Waals surface area contributed by atoms with E-state index in [0.29, 0.717) is 24.5 Å². The molecule has 0 saturated carbocycles. The molecule has 0 amide bonds. The summed E-state index contributed by atoms with van der Waals surface area (Å²) in [4.78, 5) is 37.5. The Labute approximate surface area is 189 Å². The smallest absolute Gasteiger partial charge is 0.357 e. The van der Waals surface area contributed by atoms with Gasteiger partial charge in [-0.1, -0.05) is 51.1 Å². The molecule has 9 heteroatoms. The van der Waals surface area contributed by atoms with E-state index in [0.717, 1.165) is 5.75 Å². The Kier molecular flexibility index (Phi) is 7.12. The lowest BCUT2D eigenvalue weighted by Crippen LogP contribution is -2.25. The molecule has 0 aliphatic carbocycles. The fraction of sp³-hybridized carbons (Fsp3) is 0.250. The molecule has 0 aliphatic heterocycles. The van der Waals surface area contributed by atoms with Crippen LogP contribution in [0.2, 0.25) is 0 Å². The Balaban J connectivity index is 1.60. The fourth-order valence-electron chi connectivity index (χ4n) is 3.06. The van der Waals surface area contributed by atoms with Crippen LogP contribution in [0.25, 0.3) is 12.2 Å². The topological polar surface area (TPSA) is 127 Å². The van der Waals surface area contributed by atoms with Gasteiger partial charge < -0.3 is 14.5 Å². The maximum absolute atomic E-state index is 11.7. The van der Waals surface area contributed by atoms with Gasteiger partial charge in [0.25, 0.3) is 0 Å². The van der Waals surface area contributed by atoms with Crippen LogP contribution in [-0.2, 0) is 5.41 Å². The van der Waals surface area contributed by atoms with Crippen molar-refractivity contribution in [3.05, 3.63) is 96.3 Å². The molecule has 3 rings (SSSR count). The van der Waals surface area contributed by atoms with E-state index in [2.05, 4.69) is 25.8 Å². The van der Waals surface area contributed by atoms with E-state index in [1.165, 1.54) is 17.7 Å². The van der Waals surface area contributed by atoms with Crippen molar-refractivity contribution < 1.29 is 14.4 Å². The summed E-state index contributed by atoms with van der Waals surface area (Å²) in [5, 5.41) is 11.1. The molecule has 0 aliphatic rings. The maximum Gasteiger partial charge on any atom is 0.357 e. The first-order chi connectivity index (χ1) is 15.6. The average Bonchev–Trinajstić information content (AvgIpc) is 2.74. The number of H-pyrrole nitrogens is 2. The first-order valence-electron chi connectivity index (χ1n) is 10.3. The van der Waals surface area contributed by atoms with Crippen molar-refractivity contribution in [2.24, 2.45) is 0 Å². The van der Waals surface area contributed by atoms with Gasteiger partial charge >= 0.3 is 16.9 Å². The van der Waals surface area contributed by atoms with Gasteiger partial charge in [-0.15, -0.1) is 0 Å². The van der Waals surface area contributed by atoms with Crippen molar-refractivity contribution in [1.82, 2.24) is 9.97 Å². The van der Waals surface area contributed by atoms with Crippen LogP contribution in [-0.4, -0.2) is 28.1 Å². The number of nitrogens with one attached hydrogen (secondary N) is 2. The SMILES string of the molecule is CC(C)(C)c1ccc(OCCOc2cccc(C=Cc3[nH]c(=O)[nH]c(=O)c3[N+](=O)[O-])c2)cc1. The highest BCUT2D eigenvalue weighted by Gasteiger charge is 2.18. The molecule has 0 bridgehead atoms. The monoisotopic (exact) mass is 451 g/mol. The minimum atomic E-state index is -1.06. The van der Waals surface area contributed by atoms with Gasteiger partial charge in [-0.3, -0.25) is 19.9 Å². The standard InChI is InChI=1S/C24H25N3O6/c1-24(2,3)17-8-10-18(11-9-17)32-13-14-33-19-6-4-5-16(15-19)7-12-20-21(27(30)31)22(28)26-23(29)25-20/h4-12,15H,13-14H2,1-3H3,(H2,25,26,28,29). The molecular weight excluding hydrogens is 426 g/mol. The third-order valence-electron chi connectivity index (χ3n) is 4.77. The Bertz CT molecular complexity index is 1270. The Morgan fingerprint density at radius 3 is 2.24 bits per heavy atom. The van der Waals surface area contributed by atoms with Crippen LogP contribution >= 0.6 is 0 Å². The lowest BCUT2D eigenvalue weighted by molar-refractivity contribution is -0.386. The molecule has 172 valence electrons. The molecule has 2 aromatic carbocycles. The Morgan fingerprint density at radius 2 is 1.61 bits per heavy atom.